The lowest BCUT2D eigenvalue weighted by Gasteiger charge is -2.12. The minimum Gasteiger partial charge on any atom is -0.210 e. The molecule has 1 heterocycles. The van der Waals surface area contributed by atoms with Gasteiger partial charge in [0.2, 0.25) is 0 Å². The summed E-state index contributed by atoms with van der Waals surface area (Å²) in [4.78, 5) is 9.81. The Morgan fingerprint density at radius 1 is 1.62 bits per heavy atom. The van der Waals surface area contributed by atoms with Crippen molar-refractivity contribution in [3.8, 4) is 0 Å². The molecule has 4 nitrogen and oxygen atoms in total. The third-order valence-electron chi connectivity index (χ3n) is 1.20. The molecule has 0 amide bonds. The fourth-order valence-electron chi connectivity index (χ4n) is 0.704. The first kappa shape index (κ1) is 10.5. The lowest BCUT2D eigenvalue weighted by Crippen LogP contribution is -2.16. The van der Waals surface area contributed by atoms with Crippen molar-refractivity contribution in [2.45, 2.75) is 4.58 Å². The number of allylic oxidation sites excluding steroid dienone is 2. The summed E-state index contributed by atoms with van der Waals surface area (Å²) in [5.41, 5.74) is 0. The molecule has 1 rings (SSSR count). The number of halogens is 1. The Bertz CT molecular complexity index is 406. The molecule has 13 heavy (non-hydrogen) atoms. The Morgan fingerprint density at radius 2 is 2.31 bits per heavy atom. The number of hydrogen-bond acceptors (Lipinski definition) is 4. The largest absolute Gasteiger partial charge is 0.281 e. The van der Waals surface area contributed by atoms with E-state index in [-0.39, 0.29) is 5.03 Å². The van der Waals surface area contributed by atoms with Crippen molar-refractivity contribution in [2.24, 2.45) is 4.40 Å². The topological polar surface area (TPSA) is 63.6 Å². The van der Waals surface area contributed by atoms with E-state index in [4.69, 9.17) is 11.6 Å². The molecule has 1 aliphatic rings. The quantitative estimate of drug-likeness (QED) is 0.537. The van der Waals surface area contributed by atoms with Crippen LogP contribution in [0.5, 0.6) is 0 Å². The molecular weight excluding hydrogens is 234 g/mol. The van der Waals surface area contributed by atoms with E-state index >= 15 is 0 Å². The molecule has 0 spiro atoms. The van der Waals surface area contributed by atoms with Gasteiger partial charge in [-0.2, -0.15) is 0 Å². The Balaban J connectivity index is 3.04. The highest BCUT2D eigenvalue weighted by Crippen LogP contribution is 2.32. The lowest BCUT2D eigenvalue weighted by atomic mass is 10.5. The van der Waals surface area contributed by atoms with Crippen LogP contribution >= 0.6 is 23.4 Å². The minimum atomic E-state index is -3.87. The molecule has 1 atom stereocenters. The molecule has 0 N–H and O–H groups in total. The third kappa shape index (κ3) is 2.45. The fourth-order valence-corrected chi connectivity index (χ4v) is 3.24. The van der Waals surface area contributed by atoms with E-state index < -0.39 is 14.6 Å². The van der Waals surface area contributed by atoms with E-state index in [1.807, 2.05) is 0 Å². The molecule has 0 saturated heterocycles. The molecule has 0 radical (unpaired) electrons. The van der Waals surface area contributed by atoms with Gasteiger partial charge in [-0.15, -0.1) is 11.8 Å². The molecule has 0 aromatic carbocycles. The van der Waals surface area contributed by atoms with Crippen LogP contribution < -0.4 is 0 Å². The summed E-state index contributed by atoms with van der Waals surface area (Å²) in [7, 11) is -3.87. The van der Waals surface area contributed by atoms with E-state index in [0.717, 1.165) is 17.8 Å². The van der Waals surface area contributed by atoms with E-state index in [0.29, 0.717) is 0 Å². The van der Waals surface area contributed by atoms with Gasteiger partial charge in [-0.05, 0) is 11.5 Å². The molecule has 1 unspecified atom stereocenters. The van der Waals surface area contributed by atoms with Crippen LogP contribution in [-0.2, 0) is 14.8 Å². The first-order valence-electron chi connectivity index (χ1n) is 3.08. The highest BCUT2D eigenvalue weighted by atomic mass is 35.5. The summed E-state index contributed by atoms with van der Waals surface area (Å²) in [6, 6.07) is 0. The first-order valence-corrected chi connectivity index (χ1v) is 5.91. The van der Waals surface area contributed by atoms with Crippen molar-refractivity contribution >= 4 is 39.5 Å². The summed E-state index contributed by atoms with van der Waals surface area (Å²) >= 11 is 6.60. The van der Waals surface area contributed by atoms with E-state index in [1.54, 1.807) is 11.5 Å². The monoisotopic (exact) mass is 237 g/mol. The van der Waals surface area contributed by atoms with Gasteiger partial charge >= 0.3 is 0 Å². The SMILES string of the molecule is O=C=NS(=O)(=O)C1SC=CC=C1Cl. The second-order valence-electron chi connectivity index (χ2n) is 2.05. The van der Waals surface area contributed by atoms with Crippen LogP contribution in [0, 0.1) is 0 Å². The van der Waals surface area contributed by atoms with Gasteiger partial charge in [-0.1, -0.05) is 22.1 Å². The Hall–Kier alpha value is -0.550. The first-order chi connectivity index (χ1) is 6.08. The van der Waals surface area contributed by atoms with Crippen molar-refractivity contribution in [3.05, 3.63) is 22.6 Å². The van der Waals surface area contributed by atoms with E-state index in [2.05, 4.69) is 4.40 Å². The number of rotatable bonds is 2. The van der Waals surface area contributed by atoms with Crippen LogP contribution in [0.3, 0.4) is 0 Å². The van der Waals surface area contributed by atoms with Crippen molar-refractivity contribution in [1.29, 1.82) is 0 Å². The number of carbonyl (C=O) groups excluding carboxylic acids is 1. The number of isocyanates is 1. The van der Waals surface area contributed by atoms with Gasteiger partial charge < -0.3 is 0 Å². The van der Waals surface area contributed by atoms with Gasteiger partial charge in [0.05, 0.1) is 0 Å². The van der Waals surface area contributed by atoms with Crippen molar-refractivity contribution in [1.82, 2.24) is 0 Å². The van der Waals surface area contributed by atoms with Crippen LogP contribution in [0.4, 0.5) is 0 Å². The maximum atomic E-state index is 11.2. The minimum absolute atomic E-state index is 0.131. The molecule has 0 fully saturated rings. The van der Waals surface area contributed by atoms with Crippen LogP contribution in [0.25, 0.3) is 0 Å². The molecule has 7 heteroatoms. The number of nitrogens with zero attached hydrogens (tertiary/aromatic N) is 1. The van der Waals surface area contributed by atoms with Gasteiger partial charge in [0.15, 0.2) is 4.58 Å². The predicted molar refractivity (Wildman–Crippen MR) is 51.5 cm³/mol. The smallest absolute Gasteiger partial charge is 0.210 e. The van der Waals surface area contributed by atoms with Gasteiger partial charge in [0, 0.05) is 5.03 Å². The zero-order valence-corrected chi connectivity index (χ0v) is 8.56. The van der Waals surface area contributed by atoms with Crippen molar-refractivity contribution < 1.29 is 13.2 Å². The molecule has 0 aliphatic carbocycles. The number of thioether (sulfide) groups is 1. The zero-order valence-electron chi connectivity index (χ0n) is 6.18. The average Bonchev–Trinajstić information content (AvgIpc) is 2.04. The maximum absolute atomic E-state index is 11.2. The molecular formula is C6H4ClNO3S2. The molecule has 1 aliphatic heterocycles. The van der Waals surface area contributed by atoms with E-state index in [1.165, 1.54) is 6.08 Å². The van der Waals surface area contributed by atoms with Crippen molar-refractivity contribution in [3.63, 3.8) is 0 Å². The standard InChI is InChI=1S/C6H4ClNO3S2/c7-5-2-1-3-12-6(5)13(10,11)8-4-9/h1-3,6H. The van der Waals surface area contributed by atoms with Crippen LogP contribution in [-0.4, -0.2) is 19.1 Å². The van der Waals surface area contributed by atoms with Gasteiger partial charge in [0.1, 0.15) is 0 Å². The van der Waals surface area contributed by atoms with Crippen LogP contribution in [0.2, 0.25) is 0 Å². The molecule has 0 aromatic rings. The second-order valence-corrected chi connectivity index (χ2v) is 5.48. The summed E-state index contributed by atoms with van der Waals surface area (Å²) in [5, 5.41) is 1.69. The van der Waals surface area contributed by atoms with Gasteiger partial charge in [0.25, 0.3) is 16.1 Å². The molecule has 0 bridgehead atoms. The van der Waals surface area contributed by atoms with Crippen LogP contribution in [0.1, 0.15) is 0 Å². The van der Waals surface area contributed by atoms with Gasteiger partial charge in [-0.25, -0.2) is 13.2 Å². The van der Waals surface area contributed by atoms with E-state index in [9.17, 15) is 13.2 Å². The molecule has 0 saturated carbocycles. The Kier molecular flexibility index (Phi) is 3.33. The molecule has 0 aromatic heterocycles. The van der Waals surface area contributed by atoms with Crippen LogP contribution in [0.15, 0.2) is 27.0 Å². The Morgan fingerprint density at radius 3 is 2.85 bits per heavy atom. The maximum Gasteiger partial charge on any atom is 0.281 e. The summed E-state index contributed by atoms with van der Waals surface area (Å²) in [5.74, 6) is 0. The third-order valence-corrected chi connectivity index (χ3v) is 4.80. The molecule has 70 valence electrons. The zero-order chi connectivity index (χ0) is 9.90. The fraction of sp³-hybridized carbons (Fsp3) is 0.167. The highest BCUT2D eigenvalue weighted by molar-refractivity contribution is 8.15. The van der Waals surface area contributed by atoms with Crippen molar-refractivity contribution in [2.75, 3.05) is 0 Å². The second kappa shape index (κ2) is 4.11. The summed E-state index contributed by atoms with van der Waals surface area (Å²) < 4.78 is 24.1. The normalized spacial score (nSPS) is 21.9. The summed E-state index contributed by atoms with van der Waals surface area (Å²) in [6.07, 6.45) is 4.05. The number of hydrogen-bond donors (Lipinski definition) is 0. The summed E-state index contributed by atoms with van der Waals surface area (Å²) in [6.45, 7) is 0. The van der Waals surface area contributed by atoms with Gasteiger partial charge in [-0.3, -0.25) is 0 Å². The average molecular weight is 238 g/mol. The lowest BCUT2D eigenvalue weighted by molar-refractivity contribution is 0.563. The Labute approximate surface area is 84.4 Å². The highest BCUT2D eigenvalue weighted by Gasteiger charge is 2.29. The predicted octanol–water partition coefficient (Wildman–Crippen LogP) is 1.36. The number of sulfonamides is 1.